The molecule has 4 heteroatoms. The molecule has 0 amide bonds. The molecule has 0 aromatic heterocycles. The van der Waals surface area contributed by atoms with Crippen LogP contribution in [-0.4, -0.2) is 12.4 Å². The molecule has 2 rings (SSSR count). The van der Waals surface area contributed by atoms with Crippen LogP contribution in [0.3, 0.4) is 0 Å². The Bertz CT molecular complexity index is 419. The van der Waals surface area contributed by atoms with Crippen molar-refractivity contribution in [1.82, 2.24) is 5.32 Å². The molecule has 106 valence electrons. The number of rotatable bonds is 5. The van der Waals surface area contributed by atoms with E-state index in [1.54, 1.807) is 0 Å². The van der Waals surface area contributed by atoms with E-state index < -0.39 is 0 Å². The molecule has 0 bridgehead atoms. The molecule has 0 heterocycles. The van der Waals surface area contributed by atoms with E-state index in [-0.39, 0.29) is 11.2 Å². The molecule has 0 aliphatic heterocycles. The maximum atomic E-state index is 13.7. The molecule has 0 saturated heterocycles. The third-order valence-corrected chi connectivity index (χ3v) is 5.09. The predicted octanol–water partition coefficient (Wildman–Crippen LogP) is 4.87. The first-order valence-electron chi connectivity index (χ1n) is 6.86. The summed E-state index contributed by atoms with van der Waals surface area (Å²) in [4.78, 5) is 0. The second-order valence-corrected chi connectivity index (χ2v) is 6.72. The number of alkyl halides is 1. The fraction of sp³-hybridized carbons (Fsp3) is 0.600. The van der Waals surface area contributed by atoms with Gasteiger partial charge >= 0.3 is 0 Å². The van der Waals surface area contributed by atoms with Crippen LogP contribution < -0.4 is 5.32 Å². The number of hydrogen-bond acceptors (Lipinski definition) is 1. The second kappa shape index (κ2) is 7.05. The zero-order valence-corrected chi connectivity index (χ0v) is 13.4. The summed E-state index contributed by atoms with van der Waals surface area (Å²) in [7, 11) is 0. The minimum absolute atomic E-state index is 0.162. The maximum Gasteiger partial charge on any atom is 0.128 e. The van der Waals surface area contributed by atoms with Crippen molar-refractivity contribution in [3.05, 3.63) is 34.1 Å². The first-order chi connectivity index (χ1) is 9.15. The summed E-state index contributed by atoms with van der Waals surface area (Å²) in [5, 5.41) is 3.38. The van der Waals surface area contributed by atoms with Crippen LogP contribution in [0.1, 0.15) is 37.7 Å². The summed E-state index contributed by atoms with van der Waals surface area (Å²) < 4.78 is 14.5. The third kappa shape index (κ3) is 4.17. The van der Waals surface area contributed by atoms with E-state index in [0.29, 0.717) is 18.0 Å². The van der Waals surface area contributed by atoms with Crippen LogP contribution in [-0.2, 0) is 6.54 Å². The highest BCUT2D eigenvalue weighted by Gasteiger charge is 2.30. The Hall–Kier alpha value is -0.120. The van der Waals surface area contributed by atoms with Gasteiger partial charge in [-0.05, 0) is 30.4 Å². The normalized spacial score (nSPS) is 18.5. The lowest BCUT2D eigenvalue weighted by molar-refractivity contribution is 0.212. The summed E-state index contributed by atoms with van der Waals surface area (Å²) in [6.07, 6.45) is 6.22. The van der Waals surface area contributed by atoms with E-state index in [1.807, 2.05) is 12.1 Å². The molecule has 0 atom stereocenters. The quantitative estimate of drug-likeness (QED) is 0.749. The van der Waals surface area contributed by atoms with Gasteiger partial charge in [-0.3, -0.25) is 0 Å². The van der Waals surface area contributed by atoms with Crippen molar-refractivity contribution < 1.29 is 4.39 Å². The van der Waals surface area contributed by atoms with E-state index >= 15 is 0 Å². The summed E-state index contributed by atoms with van der Waals surface area (Å²) >= 11 is 9.42. The Labute approximate surface area is 128 Å². The molecule has 1 saturated carbocycles. The number of nitrogens with one attached hydrogen (secondary N) is 1. The van der Waals surface area contributed by atoms with Gasteiger partial charge in [-0.1, -0.05) is 41.3 Å². The topological polar surface area (TPSA) is 12.0 Å². The summed E-state index contributed by atoms with van der Waals surface area (Å²) in [6.45, 7) is 1.45. The van der Waals surface area contributed by atoms with Crippen LogP contribution in [0, 0.1) is 11.2 Å². The van der Waals surface area contributed by atoms with Crippen molar-refractivity contribution in [2.75, 3.05) is 12.4 Å². The van der Waals surface area contributed by atoms with E-state index in [2.05, 4.69) is 21.2 Å². The zero-order valence-electron chi connectivity index (χ0n) is 11.0. The highest BCUT2D eigenvalue weighted by atomic mass is 79.9. The lowest BCUT2D eigenvalue weighted by atomic mass is 9.75. The smallest absolute Gasteiger partial charge is 0.128 e. The molecule has 0 unspecified atom stereocenters. The van der Waals surface area contributed by atoms with Crippen LogP contribution in [0.4, 0.5) is 4.39 Å². The predicted molar refractivity (Wildman–Crippen MR) is 82.0 cm³/mol. The maximum absolute atomic E-state index is 13.7. The SMILES string of the molecule is Fc1cc(Br)ccc1CNCC1(CCl)CCCCC1. The Morgan fingerprint density at radius 2 is 2.00 bits per heavy atom. The molecule has 1 aliphatic carbocycles. The first-order valence-corrected chi connectivity index (χ1v) is 8.19. The van der Waals surface area contributed by atoms with Crippen molar-refractivity contribution in [3.63, 3.8) is 0 Å². The van der Waals surface area contributed by atoms with Gasteiger partial charge in [-0.15, -0.1) is 11.6 Å². The van der Waals surface area contributed by atoms with Gasteiger partial charge in [-0.2, -0.15) is 0 Å². The van der Waals surface area contributed by atoms with Crippen molar-refractivity contribution in [2.24, 2.45) is 5.41 Å². The Balaban J connectivity index is 1.88. The second-order valence-electron chi connectivity index (χ2n) is 5.53. The van der Waals surface area contributed by atoms with Crippen molar-refractivity contribution in [1.29, 1.82) is 0 Å². The zero-order chi connectivity index (χ0) is 13.7. The highest BCUT2D eigenvalue weighted by molar-refractivity contribution is 9.10. The summed E-state index contributed by atoms with van der Waals surface area (Å²) in [5.41, 5.74) is 0.926. The van der Waals surface area contributed by atoms with Gasteiger partial charge in [0, 0.05) is 29.0 Å². The molecule has 0 spiro atoms. The van der Waals surface area contributed by atoms with Crippen LogP contribution in [0.2, 0.25) is 0 Å². The average molecular weight is 349 g/mol. The molecule has 1 N–H and O–H groups in total. The van der Waals surface area contributed by atoms with E-state index in [0.717, 1.165) is 11.0 Å². The molecule has 1 fully saturated rings. The van der Waals surface area contributed by atoms with E-state index in [9.17, 15) is 4.39 Å². The molecule has 1 nitrogen and oxygen atoms in total. The molecule has 0 radical (unpaired) electrons. The number of benzene rings is 1. The van der Waals surface area contributed by atoms with Crippen LogP contribution >= 0.6 is 27.5 Å². The van der Waals surface area contributed by atoms with Crippen LogP contribution in [0.15, 0.2) is 22.7 Å². The fourth-order valence-electron chi connectivity index (χ4n) is 2.79. The van der Waals surface area contributed by atoms with Gasteiger partial charge in [0.2, 0.25) is 0 Å². The standard InChI is InChI=1S/C15H20BrClFN/c16-13-5-4-12(14(18)8-13)9-19-11-15(10-17)6-2-1-3-7-15/h4-5,8,19H,1-3,6-7,9-11H2. The van der Waals surface area contributed by atoms with E-state index in [1.165, 1.54) is 38.2 Å². The van der Waals surface area contributed by atoms with Gasteiger partial charge < -0.3 is 5.32 Å². The highest BCUT2D eigenvalue weighted by Crippen LogP contribution is 2.36. The Kier molecular flexibility index (Phi) is 5.67. The average Bonchev–Trinajstić information content (AvgIpc) is 2.42. The van der Waals surface area contributed by atoms with Crippen molar-refractivity contribution >= 4 is 27.5 Å². The summed E-state index contributed by atoms with van der Waals surface area (Å²) in [6, 6.07) is 5.20. The van der Waals surface area contributed by atoms with Gasteiger partial charge in [0.15, 0.2) is 0 Å². The fourth-order valence-corrected chi connectivity index (χ4v) is 3.48. The molecular weight excluding hydrogens is 329 g/mol. The Morgan fingerprint density at radius 1 is 1.26 bits per heavy atom. The monoisotopic (exact) mass is 347 g/mol. The number of hydrogen-bond donors (Lipinski definition) is 1. The van der Waals surface area contributed by atoms with Gasteiger partial charge in [-0.25, -0.2) is 4.39 Å². The largest absolute Gasteiger partial charge is 0.312 e. The lowest BCUT2D eigenvalue weighted by Gasteiger charge is -2.35. The van der Waals surface area contributed by atoms with Crippen LogP contribution in [0.5, 0.6) is 0 Å². The van der Waals surface area contributed by atoms with Gasteiger partial charge in [0.25, 0.3) is 0 Å². The third-order valence-electron chi connectivity index (χ3n) is 4.03. The number of halogens is 3. The molecular formula is C15H20BrClFN. The summed E-state index contributed by atoms with van der Waals surface area (Å²) in [5.74, 6) is 0.536. The molecule has 19 heavy (non-hydrogen) atoms. The minimum Gasteiger partial charge on any atom is -0.312 e. The van der Waals surface area contributed by atoms with Crippen LogP contribution in [0.25, 0.3) is 0 Å². The Morgan fingerprint density at radius 3 is 2.63 bits per heavy atom. The van der Waals surface area contributed by atoms with Crippen molar-refractivity contribution in [2.45, 2.75) is 38.6 Å². The first kappa shape index (κ1) is 15.3. The molecule has 1 aromatic carbocycles. The van der Waals surface area contributed by atoms with E-state index in [4.69, 9.17) is 11.6 Å². The lowest BCUT2D eigenvalue weighted by Crippen LogP contribution is -2.37. The molecule has 1 aromatic rings. The van der Waals surface area contributed by atoms with Crippen molar-refractivity contribution in [3.8, 4) is 0 Å². The minimum atomic E-state index is -0.162. The van der Waals surface area contributed by atoms with Gasteiger partial charge in [0.1, 0.15) is 5.82 Å². The van der Waals surface area contributed by atoms with Gasteiger partial charge in [0.05, 0.1) is 0 Å². The molecule has 1 aliphatic rings.